The van der Waals surface area contributed by atoms with Crippen LogP contribution in [0.1, 0.15) is 96.8 Å². The number of nitrogens with zero attached hydrogens (tertiary/aromatic N) is 3. The van der Waals surface area contributed by atoms with E-state index in [0.717, 1.165) is 29.7 Å². The first-order valence-corrected chi connectivity index (χ1v) is 16.0. The van der Waals surface area contributed by atoms with Gasteiger partial charge in [-0.1, -0.05) is 102 Å². The maximum absolute atomic E-state index is 5.85. The van der Waals surface area contributed by atoms with Gasteiger partial charge in [-0.25, -0.2) is 9.13 Å². The number of para-hydroxylation sites is 1. The van der Waals surface area contributed by atoms with Gasteiger partial charge in [0.15, 0.2) is 0 Å². The van der Waals surface area contributed by atoms with Crippen LogP contribution in [0, 0.1) is 0 Å². The Kier molecular flexibility index (Phi) is 20.0. The zero-order valence-electron chi connectivity index (χ0n) is 25.5. The Morgan fingerprint density at radius 1 is 0.707 bits per heavy atom. The Hall–Kier alpha value is -2.15. The van der Waals surface area contributed by atoms with Crippen molar-refractivity contribution < 1.29 is 31.2 Å². The molecule has 3 rings (SSSR count). The Morgan fingerprint density at radius 2 is 1.32 bits per heavy atom. The Morgan fingerprint density at radius 3 is 2.02 bits per heavy atom. The molecule has 0 bridgehead atoms. The van der Waals surface area contributed by atoms with Crippen LogP contribution in [0.5, 0.6) is 5.75 Å². The number of benzene rings is 1. The minimum Gasteiger partial charge on any atom is -1.00 e. The molecule has 0 atom stereocenters. The number of aromatic nitrogens is 3. The van der Waals surface area contributed by atoms with Gasteiger partial charge in [0.05, 0.1) is 33.0 Å². The highest BCUT2D eigenvalue weighted by atomic mass is 35.5. The molecule has 1 aromatic carbocycles. The molecule has 0 saturated heterocycles. The molecule has 0 unspecified atom stereocenters. The number of pyridine rings is 1. The molecule has 41 heavy (non-hydrogen) atoms. The predicted octanol–water partition coefficient (Wildman–Crippen LogP) is 4.92. The molecule has 0 aliphatic rings. The summed E-state index contributed by atoms with van der Waals surface area (Å²) in [5, 5.41) is 1.08. The molecular formula is C34H54ClN3O3. The lowest BCUT2D eigenvalue weighted by molar-refractivity contribution is -0.696. The summed E-state index contributed by atoms with van der Waals surface area (Å²) in [5.41, 5.74) is 0.888. The van der Waals surface area contributed by atoms with Crippen molar-refractivity contribution >= 4 is 10.9 Å². The molecule has 7 heteroatoms. The third kappa shape index (κ3) is 15.6. The summed E-state index contributed by atoms with van der Waals surface area (Å²) in [4.78, 5) is 4.41. The van der Waals surface area contributed by atoms with E-state index in [1.165, 1.54) is 89.9 Å². The van der Waals surface area contributed by atoms with Crippen LogP contribution >= 0.6 is 0 Å². The van der Waals surface area contributed by atoms with Crippen LogP contribution < -0.4 is 21.7 Å². The fourth-order valence-corrected chi connectivity index (χ4v) is 5.09. The van der Waals surface area contributed by atoms with E-state index in [-0.39, 0.29) is 12.4 Å². The van der Waals surface area contributed by atoms with Crippen molar-refractivity contribution in [3.63, 3.8) is 0 Å². The van der Waals surface area contributed by atoms with E-state index in [0.29, 0.717) is 33.0 Å². The highest BCUT2D eigenvalue weighted by Crippen LogP contribution is 2.22. The largest absolute Gasteiger partial charge is 1.00 e. The summed E-state index contributed by atoms with van der Waals surface area (Å²) in [6, 6.07) is 9.95. The smallest absolute Gasteiger partial charge is 0.243 e. The number of hydrogen-bond acceptors (Lipinski definition) is 4. The van der Waals surface area contributed by atoms with E-state index < -0.39 is 0 Å². The van der Waals surface area contributed by atoms with Crippen molar-refractivity contribution in [1.82, 2.24) is 9.55 Å². The van der Waals surface area contributed by atoms with E-state index in [1.807, 2.05) is 30.3 Å². The molecule has 0 saturated carbocycles. The average molecular weight is 588 g/mol. The zero-order valence-corrected chi connectivity index (χ0v) is 26.2. The number of unbranched alkanes of at least 4 members (excludes halogenated alkanes) is 13. The first kappa shape index (κ1) is 35.0. The lowest BCUT2D eigenvalue weighted by atomic mass is 10.0. The molecule has 0 radical (unpaired) electrons. The van der Waals surface area contributed by atoms with Gasteiger partial charge in [0.2, 0.25) is 6.33 Å². The van der Waals surface area contributed by atoms with Crippen molar-refractivity contribution in [3.05, 3.63) is 55.2 Å². The second-order valence-electron chi connectivity index (χ2n) is 10.9. The van der Waals surface area contributed by atoms with E-state index in [2.05, 4.69) is 39.8 Å². The number of rotatable bonds is 25. The molecule has 0 spiro atoms. The predicted molar refractivity (Wildman–Crippen MR) is 164 cm³/mol. The van der Waals surface area contributed by atoms with Crippen LogP contribution in [-0.4, -0.2) is 42.6 Å². The first-order chi connectivity index (χ1) is 19.9. The summed E-state index contributed by atoms with van der Waals surface area (Å²) >= 11 is 0. The zero-order chi connectivity index (χ0) is 27.9. The lowest BCUT2D eigenvalue weighted by Crippen LogP contribution is -3.00. The van der Waals surface area contributed by atoms with Gasteiger partial charge in [-0.3, -0.25) is 4.98 Å². The van der Waals surface area contributed by atoms with E-state index in [4.69, 9.17) is 14.2 Å². The fraction of sp³-hybridized carbons (Fsp3) is 0.647. The van der Waals surface area contributed by atoms with Crippen molar-refractivity contribution in [1.29, 1.82) is 0 Å². The van der Waals surface area contributed by atoms with Gasteiger partial charge in [0.1, 0.15) is 36.8 Å². The Balaban J connectivity index is 0.00000588. The molecule has 0 N–H and O–H groups in total. The number of fused-ring (bicyclic) bond motifs is 1. The molecule has 0 amide bonds. The van der Waals surface area contributed by atoms with Gasteiger partial charge in [-0.05, 0) is 25.0 Å². The van der Waals surface area contributed by atoms with Crippen LogP contribution in [-0.2, 0) is 22.6 Å². The SMILES string of the molecule is CCCCCCCCCCCCCCCC[n+]1ccn(CCOCCOCCOc2cccc3cccnc23)c1.[Cl-]. The standard InChI is InChI=1S/C34H54N3O3.ClH/c1-2-3-4-5-6-7-8-9-10-11-12-13-14-15-22-36-23-24-37(31-36)25-26-38-27-28-39-29-30-40-33-20-16-18-32-19-17-21-35-34(32)33;/h16-21,23-24,31H,2-15,22,25-30H2,1H3;1H/q+1;/p-1. The molecule has 2 heterocycles. The minimum absolute atomic E-state index is 0. The first-order valence-electron chi connectivity index (χ1n) is 16.0. The van der Waals surface area contributed by atoms with Gasteiger partial charge in [-0.15, -0.1) is 0 Å². The quantitative estimate of drug-likeness (QED) is 0.104. The van der Waals surface area contributed by atoms with Gasteiger partial charge in [0, 0.05) is 11.6 Å². The Labute approximate surface area is 255 Å². The highest BCUT2D eigenvalue weighted by molar-refractivity contribution is 5.84. The minimum atomic E-state index is 0. The van der Waals surface area contributed by atoms with E-state index in [1.54, 1.807) is 6.20 Å². The van der Waals surface area contributed by atoms with Crippen molar-refractivity contribution in [3.8, 4) is 5.75 Å². The summed E-state index contributed by atoms with van der Waals surface area (Å²) in [7, 11) is 0. The normalized spacial score (nSPS) is 11.1. The summed E-state index contributed by atoms with van der Waals surface area (Å²) in [5.74, 6) is 0.797. The number of aryl methyl sites for hydroxylation is 1. The van der Waals surface area contributed by atoms with Crippen LogP contribution in [0.3, 0.4) is 0 Å². The van der Waals surface area contributed by atoms with Crippen LogP contribution in [0.15, 0.2) is 55.2 Å². The third-order valence-electron chi connectivity index (χ3n) is 7.46. The fourth-order valence-electron chi connectivity index (χ4n) is 5.09. The van der Waals surface area contributed by atoms with Gasteiger partial charge >= 0.3 is 0 Å². The third-order valence-corrected chi connectivity index (χ3v) is 7.46. The molecule has 0 fully saturated rings. The average Bonchev–Trinajstić information content (AvgIpc) is 3.44. The number of imidazole rings is 1. The number of ether oxygens (including phenoxy) is 3. The molecule has 230 valence electrons. The maximum atomic E-state index is 5.85. The monoisotopic (exact) mass is 587 g/mol. The molecule has 0 aliphatic carbocycles. The van der Waals surface area contributed by atoms with E-state index in [9.17, 15) is 0 Å². The van der Waals surface area contributed by atoms with Crippen molar-refractivity contribution in [2.24, 2.45) is 0 Å². The van der Waals surface area contributed by atoms with E-state index >= 15 is 0 Å². The summed E-state index contributed by atoms with van der Waals surface area (Å²) < 4.78 is 21.8. The van der Waals surface area contributed by atoms with Gasteiger partial charge in [0.25, 0.3) is 0 Å². The van der Waals surface area contributed by atoms with Gasteiger partial charge < -0.3 is 26.6 Å². The second-order valence-corrected chi connectivity index (χ2v) is 10.9. The van der Waals surface area contributed by atoms with Crippen LogP contribution in [0.2, 0.25) is 0 Å². The number of hydrogen-bond donors (Lipinski definition) is 0. The molecule has 6 nitrogen and oxygen atoms in total. The maximum Gasteiger partial charge on any atom is 0.243 e. The highest BCUT2D eigenvalue weighted by Gasteiger charge is 2.05. The lowest BCUT2D eigenvalue weighted by Gasteiger charge is -2.09. The van der Waals surface area contributed by atoms with Gasteiger partial charge in [-0.2, -0.15) is 0 Å². The van der Waals surface area contributed by atoms with Crippen LogP contribution in [0.4, 0.5) is 0 Å². The molecular weight excluding hydrogens is 534 g/mol. The summed E-state index contributed by atoms with van der Waals surface area (Å²) in [6.45, 7) is 7.15. The molecule has 2 aromatic heterocycles. The van der Waals surface area contributed by atoms with Crippen LogP contribution in [0.25, 0.3) is 10.9 Å². The topological polar surface area (TPSA) is 49.4 Å². The molecule has 0 aliphatic heterocycles. The van der Waals surface area contributed by atoms with Crippen molar-refractivity contribution in [2.45, 2.75) is 110 Å². The second kappa shape index (κ2) is 23.4. The number of halogens is 1. The van der Waals surface area contributed by atoms with Crippen molar-refractivity contribution in [2.75, 3.05) is 33.0 Å². The Bertz CT molecular complexity index is 1020. The summed E-state index contributed by atoms with van der Waals surface area (Å²) in [6.07, 6.45) is 28.0. The molecule has 3 aromatic rings.